The number of hydrogen-bond acceptors (Lipinski definition) is 3. The molecule has 1 aliphatic carbocycles. The molecule has 0 radical (unpaired) electrons. The van der Waals surface area contributed by atoms with Gasteiger partial charge in [0.2, 0.25) is 0 Å². The molecule has 126 valence electrons. The summed E-state index contributed by atoms with van der Waals surface area (Å²) in [5.74, 6) is 0.899. The van der Waals surface area contributed by atoms with Crippen LogP contribution in [0, 0.1) is 24.6 Å². The fraction of sp³-hybridized carbons (Fsp3) is 0.421. The first-order valence-corrected chi connectivity index (χ1v) is 9.26. The lowest BCUT2D eigenvalue weighted by atomic mass is 9.98. The molecule has 5 heteroatoms. The second-order valence-corrected chi connectivity index (χ2v) is 8.06. The van der Waals surface area contributed by atoms with Gasteiger partial charge in [-0.25, -0.2) is 4.39 Å². The summed E-state index contributed by atoms with van der Waals surface area (Å²) in [5, 5.41) is 0. The highest BCUT2D eigenvalue weighted by Gasteiger charge is 2.42. The summed E-state index contributed by atoms with van der Waals surface area (Å²) in [4.78, 5) is 16.6. The van der Waals surface area contributed by atoms with Crippen LogP contribution in [0.1, 0.15) is 28.1 Å². The molecule has 0 spiro atoms. The van der Waals surface area contributed by atoms with E-state index in [1.807, 2.05) is 17.9 Å². The van der Waals surface area contributed by atoms with E-state index < -0.39 is 0 Å². The van der Waals surface area contributed by atoms with E-state index in [9.17, 15) is 9.18 Å². The van der Waals surface area contributed by atoms with Crippen molar-refractivity contribution in [1.29, 1.82) is 0 Å². The standard InChI is InChI=1S/C19H21FN2OS/c1-11-8-17(24-18(11)12-2-5-14(20)6-3-12)19(23)22-9-13-4-7-16(21)15(13)10-22/h2-3,5-6,8,13,15-16H,4,7,9-10,21H2,1H3. The number of fused-ring (bicyclic) bond motifs is 1. The molecular weight excluding hydrogens is 323 g/mol. The first kappa shape index (κ1) is 15.8. The van der Waals surface area contributed by atoms with Gasteiger partial charge in [0.05, 0.1) is 4.88 Å². The smallest absolute Gasteiger partial charge is 0.263 e. The van der Waals surface area contributed by atoms with Crippen LogP contribution in [0.15, 0.2) is 30.3 Å². The van der Waals surface area contributed by atoms with E-state index in [4.69, 9.17) is 5.73 Å². The Morgan fingerprint density at radius 2 is 2.00 bits per heavy atom. The van der Waals surface area contributed by atoms with Crippen molar-refractivity contribution in [3.8, 4) is 10.4 Å². The van der Waals surface area contributed by atoms with Crippen molar-refractivity contribution in [2.45, 2.75) is 25.8 Å². The molecule has 0 bridgehead atoms. The molecule has 1 amide bonds. The summed E-state index contributed by atoms with van der Waals surface area (Å²) in [7, 11) is 0. The first-order valence-electron chi connectivity index (χ1n) is 8.44. The zero-order valence-electron chi connectivity index (χ0n) is 13.7. The Bertz CT molecular complexity index is 770. The molecule has 2 N–H and O–H groups in total. The summed E-state index contributed by atoms with van der Waals surface area (Å²) in [5.41, 5.74) is 8.19. The Morgan fingerprint density at radius 1 is 1.25 bits per heavy atom. The number of nitrogens with two attached hydrogens (primary N) is 1. The van der Waals surface area contributed by atoms with Gasteiger partial charge in [0, 0.05) is 24.0 Å². The zero-order valence-corrected chi connectivity index (χ0v) is 14.5. The van der Waals surface area contributed by atoms with E-state index in [2.05, 4.69) is 0 Å². The number of likely N-dealkylation sites (tertiary alicyclic amines) is 1. The predicted octanol–water partition coefficient (Wildman–Crippen LogP) is 3.67. The molecule has 2 aliphatic rings. The van der Waals surface area contributed by atoms with E-state index in [1.54, 1.807) is 12.1 Å². The number of benzene rings is 1. The summed E-state index contributed by atoms with van der Waals surface area (Å²) in [6.45, 7) is 3.62. The van der Waals surface area contributed by atoms with Crippen molar-refractivity contribution in [3.05, 3.63) is 46.6 Å². The third kappa shape index (κ3) is 2.66. The molecule has 2 fully saturated rings. The zero-order chi connectivity index (χ0) is 16.8. The molecule has 4 rings (SSSR count). The van der Waals surface area contributed by atoms with Crippen molar-refractivity contribution in [1.82, 2.24) is 4.90 Å². The van der Waals surface area contributed by atoms with Gasteiger partial charge in [0.15, 0.2) is 0 Å². The summed E-state index contributed by atoms with van der Waals surface area (Å²) < 4.78 is 13.1. The Hall–Kier alpha value is -1.72. The van der Waals surface area contributed by atoms with Gasteiger partial charge in [-0.3, -0.25) is 4.79 Å². The fourth-order valence-electron chi connectivity index (χ4n) is 4.10. The van der Waals surface area contributed by atoms with Crippen molar-refractivity contribution in [2.24, 2.45) is 17.6 Å². The van der Waals surface area contributed by atoms with Crippen LogP contribution in [0.5, 0.6) is 0 Å². The molecular formula is C19H21FN2OS. The van der Waals surface area contributed by atoms with Gasteiger partial charge in [-0.2, -0.15) is 0 Å². The maximum atomic E-state index is 13.1. The Labute approximate surface area is 145 Å². The van der Waals surface area contributed by atoms with Crippen LogP contribution in [0.2, 0.25) is 0 Å². The van der Waals surface area contributed by atoms with Crippen LogP contribution < -0.4 is 5.73 Å². The molecule has 1 saturated heterocycles. The highest BCUT2D eigenvalue weighted by atomic mass is 32.1. The largest absolute Gasteiger partial charge is 0.337 e. The molecule has 1 saturated carbocycles. The highest BCUT2D eigenvalue weighted by Crippen LogP contribution is 2.39. The fourth-order valence-corrected chi connectivity index (χ4v) is 5.25. The maximum absolute atomic E-state index is 13.1. The van der Waals surface area contributed by atoms with Gasteiger partial charge in [0.1, 0.15) is 5.82 Å². The molecule has 1 aromatic carbocycles. The lowest BCUT2D eigenvalue weighted by Crippen LogP contribution is -2.33. The normalized spacial score (nSPS) is 26.0. The molecule has 1 aromatic heterocycles. The van der Waals surface area contributed by atoms with Crippen molar-refractivity contribution in [3.63, 3.8) is 0 Å². The molecule has 2 heterocycles. The van der Waals surface area contributed by atoms with Gasteiger partial charge in [-0.1, -0.05) is 12.1 Å². The topological polar surface area (TPSA) is 46.3 Å². The van der Waals surface area contributed by atoms with Crippen LogP contribution >= 0.6 is 11.3 Å². The van der Waals surface area contributed by atoms with E-state index in [-0.39, 0.29) is 17.8 Å². The minimum absolute atomic E-state index is 0.109. The Morgan fingerprint density at radius 3 is 2.71 bits per heavy atom. The minimum atomic E-state index is -0.246. The second kappa shape index (κ2) is 5.97. The van der Waals surface area contributed by atoms with E-state index in [1.165, 1.54) is 23.5 Å². The number of nitrogens with zero attached hydrogens (tertiary/aromatic N) is 1. The Kier molecular flexibility index (Phi) is 3.93. The van der Waals surface area contributed by atoms with Crippen molar-refractivity contribution < 1.29 is 9.18 Å². The lowest BCUT2D eigenvalue weighted by molar-refractivity contribution is 0.0784. The van der Waals surface area contributed by atoms with Crippen LogP contribution in [0.4, 0.5) is 4.39 Å². The van der Waals surface area contributed by atoms with Crippen molar-refractivity contribution in [2.75, 3.05) is 13.1 Å². The number of amides is 1. The SMILES string of the molecule is Cc1cc(C(=O)N2CC3CCC(N)C3C2)sc1-c1ccc(F)cc1. The van der Waals surface area contributed by atoms with E-state index in [0.29, 0.717) is 11.8 Å². The number of thiophene rings is 1. The summed E-state index contributed by atoms with van der Waals surface area (Å²) >= 11 is 1.50. The van der Waals surface area contributed by atoms with Crippen LogP contribution in [-0.2, 0) is 0 Å². The number of hydrogen-bond donors (Lipinski definition) is 1. The van der Waals surface area contributed by atoms with Gasteiger partial charge in [-0.15, -0.1) is 11.3 Å². The average Bonchev–Trinajstić information content (AvgIpc) is 3.24. The van der Waals surface area contributed by atoms with E-state index in [0.717, 1.165) is 46.8 Å². The van der Waals surface area contributed by atoms with Crippen LogP contribution in [-0.4, -0.2) is 29.9 Å². The predicted molar refractivity (Wildman–Crippen MR) is 94.5 cm³/mol. The minimum Gasteiger partial charge on any atom is -0.337 e. The lowest BCUT2D eigenvalue weighted by Gasteiger charge is -2.17. The van der Waals surface area contributed by atoms with Gasteiger partial charge >= 0.3 is 0 Å². The average molecular weight is 344 g/mol. The number of rotatable bonds is 2. The molecule has 1 aliphatic heterocycles. The molecule has 24 heavy (non-hydrogen) atoms. The summed E-state index contributed by atoms with van der Waals surface area (Å²) in [6.07, 6.45) is 2.23. The molecule has 3 atom stereocenters. The highest BCUT2D eigenvalue weighted by molar-refractivity contribution is 7.17. The van der Waals surface area contributed by atoms with Crippen LogP contribution in [0.25, 0.3) is 10.4 Å². The van der Waals surface area contributed by atoms with Gasteiger partial charge < -0.3 is 10.6 Å². The second-order valence-electron chi connectivity index (χ2n) is 7.00. The molecule has 3 unspecified atom stereocenters. The number of aryl methyl sites for hydroxylation is 1. The monoisotopic (exact) mass is 344 g/mol. The maximum Gasteiger partial charge on any atom is 0.263 e. The van der Waals surface area contributed by atoms with Crippen molar-refractivity contribution >= 4 is 17.2 Å². The van der Waals surface area contributed by atoms with Gasteiger partial charge in [0.25, 0.3) is 5.91 Å². The van der Waals surface area contributed by atoms with Gasteiger partial charge in [-0.05, 0) is 60.9 Å². The third-order valence-electron chi connectivity index (χ3n) is 5.43. The van der Waals surface area contributed by atoms with Crippen LogP contribution in [0.3, 0.4) is 0 Å². The van der Waals surface area contributed by atoms with E-state index >= 15 is 0 Å². The summed E-state index contributed by atoms with van der Waals surface area (Å²) in [6, 6.07) is 8.65. The Balaban J connectivity index is 1.56. The third-order valence-corrected chi connectivity index (χ3v) is 6.71. The number of carbonyl (C=O) groups is 1. The molecule has 3 nitrogen and oxygen atoms in total. The number of halogens is 1. The number of carbonyl (C=O) groups excluding carboxylic acids is 1. The molecule has 2 aromatic rings. The quantitative estimate of drug-likeness (QED) is 0.903. The first-order chi connectivity index (χ1) is 11.5.